The average molecular weight is 279 g/mol. The van der Waals surface area contributed by atoms with E-state index in [0.717, 1.165) is 5.69 Å². The van der Waals surface area contributed by atoms with E-state index in [1.165, 1.54) is 17.7 Å². The highest BCUT2D eigenvalue weighted by atomic mass is 35.5. The van der Waals surface area contributed by atoms with Gasteiger partial charge in [0.25, 0.3) is 0 Å². The fourth-order valence-electron chi connectivity index (χ4n) is 1.78. The van der Waals surface area contributed by atoms with Crippen LogP contribution in [0.4, 0.5) is 21.5 Å². The van der Waals surface area contributed by atoms with E-state index < -0.39 is 5.82 Å². The van der Waals surface area contributed by atoms with Gasteiger partial charge in [0, 0.05) is 11.8 Å². The van der Waals surface area contributed by atoms with Crippen molar-refractivity contribution < 1.29 is 4.39 Å². The van der Waals surface area contributed by atoms with Crippen molar-refractivity contribution in [1.29, 1.82) is 0 Å². The lowest BCUT2D eigenvalue weighted by Crippen LogP contribution is -1.98. The lowest BCUT2D eigenvalue weighted by molar-refractivity contribution is 0.629. The predicted molar refractivity (Wildman–Crippen MR) is 79.6 cm³/mol. The summed E-state index contributed by atoms with van der Waals surface area (Å²) < 4.78 is 13.4. The van der Waals surface area contributed by atoms with Crippen LogP contribution in [0, 0.1) is 5.82 Å². The van der Waals surface area contributed by atoms with E-state index in [2.05, 4.69) is 19.2 Å². The van der Waals surface area contributed by atoms with Gasteiger partial charge in [0.1, 0.15) is 5.82 Å². The second kappa shape index (κ2) is 5.49. The molecule has 0 aromatic heterocycles. The first-order valence-electron chi connectivity index (χ1n) is 6.09. The highest BCUT2D eigenvalue weighted by Crippen LogP contribution is 2.29. The van der Waals surface area contributed by atoms with Crippen molar-refractivity contribution in [3.63, 3.8) is 0 Å². The number of benzene rings is 2. The Morgan fingerprint density at radius 1 is 1.16 bits per heavy atom. The molecule has 0 aliphatic heterocycles. The first-order chi connectivity index (χ1) is 8.97. The van der Waals surface area contributed by atoms with Crippen LogP contribution in [0.1, 0.15) is 25.3 Å². The third-order valence-corrected chi connectivity index (χ3v) is 3.24. The van der Waals surface area contributed by atoms with Crippen molar-refractivity contribution in [2.45, 2.75) is 19.8 Å². The Morgan fingerprint density at radius 2 is 1.79 bits per heavy atom. The third kappa shape index (κ3) is 3.18. The van der Waals surface area contributed by atoms with Crippen LogP contribution in [-0.4, -0.2) is 0 Å². The maximum atomic E-state index is 13.4. The van der Waals surface area contributed by atoms with Gasteiger partial charge in [-0.05, 0) is 29.7 Å². The van der Waals surface area contributed by atoms with Gasteiger partial charge in [0.05, 0.1) is 16.4 Å². The van der Waals surface area contributed by atoms with Gasteiger partial charge < -0.3 is 11.1 Å². The smallest absolute Gasteiger partial charge is 0.144 e. The Balaban J connectivity index is 2.24. The first kappa shape index (κ1) is 13.7. The average Bonchev–Trinajstić information content (AvgIpc) is 2.36. The standard InChI is InChI=1S/C15H16ClFN2/c1-9(2)10-3-5-11(6-4-10)19-15-8-13(17)12(16)7-14(15)18/h3-9,19H,18H2,1-2H3. The summed E-state index contributed by atoms with van der Waals surface area (Å²) in [5.41, 5.74) is 8.84. The van der Waals surface area contributed by atoms with Crippen molar-refractivity contribution in [2.24, 2.45) is 0 Å². The topological polar surface area (TPSA) is 38.0 Å². The number of hydrogen-bond acceptors (Lipinski definition) is 2. The molecule has 0 aliphatic carbocycles. The minimum atomic E-state index is -0.489. The van der Waals surface area contributed by atoms with E-state index in [-0.39, 0.29) is 5.02 Å². The number of nitrogens with one attached hydrogen (secondary N) is 1. The van der Waals surface area contributed by atoms with Gasteiger partial charge in [0.15, 0.2) is 0 Å². The summed E-state index contributed by atoms with van der Waals surface area (Å²) >= 11 is 5.66. The Kier molecular flexibility index (Phi) is 3.96. The van der Waals surface area contributed by atoms with Crippen molar-refractivity contribution >= 4 is 28.7 Å². The molecule has 0 bridgehead atoms. The number of nitrogens with two attached hydrogens (primary N) is 1. The number of hydrogen-bond donors (Lipinski definition) is 2. The molecule has 2 nitrogen and oxygen atoms in total. The second-order valence-electron chi connectivity index (χ2n) is 4.76. The molecule has 100 valence electrons. The summed E-state index contributed by atoms with van der Waals surface area (Å²) in [7, 11) is 0. The summed E-state index contributed by atoms with van der Waals surface area (Å²) in [6, 6.07) is 10.7. The molecule has 0 unspecified atom stereocenters. The van der Waals surface area contributed by atoms with Gasteiger partial charge in [-0.25, -0.2) is 4.39 Å². The normalized spacial score (nSPS) is 10.8. The van der Waals surface area contributed by atoms with Gasteiger partial charge in [-0.1, -0.05) is 37.6 Å². The van der Waals surface area contributed by atoms with E-state index in [1.54, 1.807) is 0 Å². The third-order valence-electron chi connectivity index (χ3n) is 2.95. The molecular weight excluding hydrogens is 263 g/mol. The summed E-state index contributed by atoms with van der Waals surface area (Å²) in [4.78, 5) is 0. The Hall–Kier alpha value is -1.74. The van der Waals surface area contributed by atoms with E-state index in [4.69, 9.17) is 17.3 Å². The minimum Gasteiger partial charge on any atom is -0.397 e. The van der Waals surface area contributed by atoms with Gasteiger partial charge >= 0.3 is 0 Å². The molecule has 3 N–H and O–H groups in total. The zero-order valence-corrected chi connectivity index (χ0v) is 11.6. The largest absolute Gasteiger partial charge is 0.397 e. The van der Waals surface area contributed by atoms with E-state index >= 15 is 0 Å². The van der Waals surface area contributed by atoms with Crippen molar-refractivity contribution in [1.82, 2.24) is 0 Å². The molecule has 0 saturated heterocycles. The van der Waals surface area contributed by atoms with Crippen molar-refractivity contribution in [3.8, 4) is 0 Å². The molecular formula is C15H16ClFN2. The van der Waals surface area contributed by atoms with Crippen LogP contribution >= 0.6 is 11.6 Å². The lowest BCUT2D eigenvalue weighted by Gasteiger charge is -2.11. The van der Waals surface area contributed by atoms with Crippen LogP contribution in [0.3, 0.4) is 0 Å². The monoisotopic (exact) mass is 278 g/mol. The number of rotatable bonds is 3. The van der Waals surface area contributed by atoms with Gasteiger partial charge in [0.2, 0.25) is 0 Å². The van der Waals surface area contributed by atoms with Gasteiger partial charge in [-0.2, -0.15) is 0 Å². The second-order valence-corrected chi connectivity index (χ2v) is 5.16. The SMILES string of the molecule is CC(C)c1ccc(Nc2cc(F)c(Cl)cc2N)cc1. The fourth-order valence-corrected chi connectivity index (χ4v) is 1.95. The molecule has 0 fully saturated rings. The van der Waals surface area contributed by atoms with Crippen LogP contribution < -0.4 is 11.1 Å². The van der Waals surface area contributed by atoms with Gasteiger partial charge in [-0.3, -0.25) is 0 Å². The number of halogens is 2. The Labute approximate surface area is 117 Å². The fraction of sp³-hybridized carbons (Fsp3) is 0.200. The minimum absolute atomic E-state index is 0.0261. The molecule has 0 radical (unpaired) electrons. The molecule has 2 aromatic carbocycles. The van der Waals surface area contributed by atoms with Gasteiger partial charge in [-0.15, -0.1) is 0 Å². The Bertz CT molecular complexity index is 579. The maximum Gasteiger partial charge on any atom is 0.144 e. The van der Waals surface area contributed by atoms with Crippen LogP contribution in [0.25, 0.3) is 0 Å². The molecule has 2 aromatic rings. The zero-order chi connectivity index (χ0) is 14.0. The van der Waals surface area contributed by atoms with Crippen molar-refractivity contribution in [2.75, 3.05) is 11.1 Å². The van der Waals surface area contributed by atoms with Crippen LogP contribution in [0.5, 0.6) is 0 Å². The molecule has 0 atom stereocenters. The predicted octanol–water partition coefficient (Wildman–Crippen LogP) is 4.93. The molecule has 2 rings (SSSR count). The number of anilines is 3. The highest BCUT2D eigenvalue weighted by molar-refractivity contribution is 6.31. The molecule has 19 heavy (non-hydrogen) atoms. The first-order valence-corrected chi connectivity index (χ1v) is 6.46. The van der Waals surface area contributed by atoms with Crippen LogP contribution in [0.15, 0.2) is 36.4 Å². The summed E-state index contributed by atoms with van der Waals surface area (Å²) in [5, 5.41) is 3.11. The molecule has 0 amide bonds. The van der Waals surface area contributed by atoms with Crippen molar-refractivity contribution in [3.05, 3.63) is 52.8 Å². The number of nitrogen functional groups attached to an aromatic ring is 1. The molecule has 0 spiro atoms. The summed E-state index contributed by atoms with van der Waals surface area (Å²) in [6.07, 6.45) is 0. The molecule has 0 saturated carbocycles. The zero-order valence-electron chi connectivity index (χ0n) is 10.9. The quantitative estimate of drug-likeness (QED) is 0.782. The molecule has 0 heterocycles. The summed E-state index contributed by atoms with van der Waals surface area (Å²) in [6.45, 7) is 4.27. The van der Waals surface area contributed by atoms with Crippen LogP contribution in [-0.2, 0) is 0 Å². The summed E-state index contributed by atoms with van der Waals surface area (Å²) in [5.74, 6) is -0.00994. The lowest BCUT2D eigenvalue weighted by atomic mass is 10.0. The molecule has 0 aliphatic rings. The van der Waals surface area contributed by atoms with E-state index in [0.29, 0.717) is 17.3 Å². The maximum absolute atomic E-state index is 13.4. The van der Waals surface area contributed by atoms with Crippen LogP contribution in [0.2, 0.25) is 5.02 Å². The highest BCUT2D eigenvalue weighted by Gasteiger charge is 2.07. The Morgan fingerprint density at radius 3 is 2.37 bits per heavy atom. The molecule has 4 heteroatoms. The van der Waals surface area contributed by atoms with E-state index in [9.17, 15) is 4.39 Å². The van der Waals surface area contributed by atoms with E-state index in [1.807, 2.05) is 24.3 Å².